The number of aliphatic carboxylic acids is 1. The normalized spacial score (nSPS) is 22.1. The number of nitrogens with zero attached hydrogens (tertiary/aromatic N) is 2. The van der Waals surface area contributed by atoms with E-state index in [1.807, 2.05) is 0 Å². The van der Waals surface area contributed by atoms with Crippen molar-refractivity contribution in [3.8, 4) is 6.07 Å². The Balaban J connectivity index is 2.14. The van der Waals surface area contributed by atoms with Crippen molar-refractivity contribution >= 4 is 5.97 Å². The van der Waals surface area contributed by atoms with Crippen LogP contribution in [-0.4, -0.2) is 35.6 Å². The summed E-state index contributed by atoms with van der Waals surface area (Å²) in [6.45, 7) is 2.81. The Labute approximate surface area is 84.1 Å². The standard InChI is InChI=1S/C10H16N2O2/c11-4-1-2-5-12-6-3-9(8-12)7-10(13)14/h9H,1-3,5-8H2,(H,13,14). The zero-order valence-corrected chi connectivity index (χ0v) is 8.28. The molecule has 0 amide bonds. The van der Waals surface area contributed by atoms with E-state index in [4.69, 9.17) is 10.4 Å². The fourth-order valence-corrected chi connectivity index (χ4v) is 1.91. The molecule has 4 heteroatoms. The molecule has 0 saturated carbocycles. The number of rotatable bonds is 5. The molecule has 0 spiro atoms. The fourth-order valence-electron chi connectivity index (χ4n) is 1.91. The van der Waals surface area contributed by atoms with Crippen molar-refractivity contribution in [1.29, 1.82) is 5.26 Å². The molecule has 1 heterocycles. The van der Waals surface area contributed by atoms with Gasteiger partial charge in [-0.05, 0) is 31.8 Å². The zero-order chi connectivity index (χ0) is 10.4. The van der Waals surface area contributed by atoms with E-state index in [0.29, 0.717) is 12.3 Å². The van der Waals surface area contributed by atoms with Gasteiger partial charge in [0.05, 0.1) is 6.07 Å². The number of nitriles is 1. The highest BCUT2D eigenvalue weighted by molar-refractivity contribution is 5.67. The maximum absolute atomic E-state index is 10.5. The first-order valence-electron chi connectivity index (χ1n) is 5.03. The summed E-state index contributed by atoms with van der Waals surface area (Å²) in [6, 6.07) is 2.11. The molecule has 4 nitrogen and oxygen atoms in total. The van der Waals surface area contributed by atoms with Crippen LogP contribution in [-0.2, 0) is 4.79 Å². The average molecular weight is 196 g/mol. The lowest BCUT2D eigenvalue weighted by atomic mass is 10.1. The maximum atomic E-state index is 10.5. The summed E-state index contributed by atoms with van der Waals surface area (Å²) in [7, 11) is 0. The molecule has 0 aromatic heterocycles. The van der Waals surface area contributed by atoms with Crippen LogP contribution < -0.4 is 0 Å². The van der Waals surface area contributed by atoms with Crippen LogP contribution in [0.2, 0.25) is 0 Å². The summed E-state index contributed by atoms with van der Waals surface area (Å²) in [6.07, 6.45) is 2.77. The molecule has 1 rings (SSSR count). The molecule has 0 aromatic carbocycles. The number of hydrogen-bond donors (Lipinski definition) is 1. The first-order chi connectivity index (χ1) is 6.72. The van der Waals surface area contributed by atoms with Gasteiger partial charge in [-0.3, -0.25) is 4.79 Å². The van der Waals surface area contributed by atoms with Gasteiger partial charge in [-0.2, -0.15) is 5.26 Å². The SMILES string of the molecule is N#CCCCN1CCC(CC(=O)O)C1. The van der Waals surface area contributed by atoms with E-state index in [2.05, 4.69) is 11.0 Å². The van der Waals surface area contributed by atoms with E-state index in [0.717, 1.165) is 32.5 Å². The lowest BCUT2D eigenvalue weighted by Crippen LogP contribution is -2.22. The van der Waals surface area contributed by atoms with Crippen molar-refractivity contribution in [3.63, 3.8) is 0 Å². The lowest BCUT2D eigenvalue weighted by molar-refractivity contribution is -0.138. The number of carbonyl (C=O) groups is 1. The summed E-state index contributed by atoms with van der Waals surface area (Å²) in [4.78, 5) is 12.7. The van der Waals surface area contributed by atoms with E-state index in [1.54, 1.807) is 0 Å². The zero-order valence-electron chi connectivity index (χ0n) is 8.28. The molecular weight excluding hydrogens is 180 g/mol. The van der Waals surface area contributed by atoms with Gasteiger partial charge in [0.1, 0.15) is 0 Å². The third-order valence-electron chi connectivity index (χ3n) is 2.60. The largest absolute Gasteiger partial charge is 0.481 e. The van der Waals surface area contributed by atoms with Gasteiger partial charge < -0.3 is 10.0 Å². The minimum absolute atomic E-state index is 0.286. The van der Waals surface area contributed by atoms with Gasteiger partial charge in [-0.15, -0.1) is 0 Å². The Bertz CT molecular complexity index is 235. The van der Waals surface area contributed by atoms with E-state index in [9.17, 15) is 4.79 Å². The number of likely N-dealkylation sites (tertiary alicyclic amines) is 1. The Morgan fingerprint density at radius 2 is 2.43 bits per heavy atom. The van der Waals surface area contributed by atoms with Crippen molar-refractivity contribution in [2.75, 3.05) is 19.6 Å². The maximum Gasteiger partial charge on any atom is 0.303 e. The Kier molecular flexibility index (Phi) is 4.41. The summed E-state index contributed by atoms with van der Waals surface area (Å²) in [5.41, 5.74) is 0. The second-order valence-electron chi connectivity index (χ2n) is 3.81. The van der Waals surface area contributed by atoms with Crippen LogP contribution in [0.15, 0.2) is 0 Å². The second kappa shape index (κ2) is 5.61. The molecule has 0 aliphatic carbocycles. The topological polar surface area (TPSA) is 64.3 Å². The molecule has 1 N–H and O–H groups in total. The molecule has 14 heavy (non-hydrogen) atoms. The Hall–Kier alpha value is -1.08. The first-order valence-corrected chi connectivity index (χ1v) is 5.03. The van der Waals surface area contributed by atoms with Crippen LogP contribution >= 0.6 is 0 Å². The fraction of sp³-hybridized carbons (Fsp3) is 0.800. The van der Waals surface area contributed by atoms with Gasteiger partial charge in [-0.1, -0.05) is 0 Å². The Morgan fingerprint density at radius 3 is 3.07 bits per heavy atom. The van der Waals surface area contributed by atoms with Crippen LogP contribution in [0.1, 0.15) is 25.7 Å². The molecule has 1 aliphatic heterocycles. The van der Waals surface area contributed by atoms with Crippen LogP contribution in [0.25, 0.3) is 0 Å². The number of carboxylic acid groups (broad SMARTS) is 1. The molecular formula is C10H16N2O2. The number of carboxylic acids is 1. The van der Waals surface area contributed by atoms with Gasteiger partial charge in [0, 0.05) is 19.4 Å². The summed E-state index contributed by atoms with van der Waals surface area (Å²) in [5, 5.41) is 17.0. The van der Waals surface area contributed by atoms with Gasteiger partial charge in [-0.25, -0.2) is 0 Å². The quantitative estimate of drug-likeness (QED) is 0.668. The minimum atomic E-state index is -0.700. The highest BCUT2D eigenvalue weighted by atomic mass is 16.4. The first kappa shape index (κ1) is 11.0. The van der Waals surface area contributed by atoms with Crippen molar-refractivity contribution in [1.82, 2.24) is 4.90 Å². The van der Waals surface area contributed by atoms with Crippen molar-refractivity contribution in [2.45, 2.75) is 25.7 Å². The second-order valence-corrected chi connectivity index (χ2v) is 3.81. The summed E-state index contributed by atoms with van der Waals surface area (Å²) >= 11 is 0. The molecule has 1 unspecified atom stereocenters. The summed E-state index contributed by atoms with van der Waals surface area (Å²) in [5.74, 6) is -0.386. The van der Waals surface area contributed by atoms with Crippen LogP contribution in [0.4, 0.5) is 0 Å². The third kappa shape index (κ3) is 3.75. The average Bonchev–Trinajstić information content (AvgIpc) is 2.52. The monoisotopic (exact) mass is 196 g/mol. The van der Waals surface area contributed by atoms with E-state index in [-0.39, 0.29) is 6.42 Å². The van der Waals surface area contributed by atoms with E-state index >= 15 is 0 Å². The van der Waals surface area contributed by atoms with Crippen LogP contribution in [0, 0.1) is 17.2 Å². The third-order valence-corrected chi connectivity index (χ3v) is 2.60. The minimum Gasteiger partial charge on any atom is -0.481 e. The molecule has 0 aromatic rings. The van der Waals surface area contributed by atoms with Crippen molar-refractivity contribution in [2.24, 2.45) is 5.92 Å². The summed E-state index contributed by atoms with van der Waals surface area (Å²) < 4.78 is 0. The molecule has 1 atom stereocenters. The van der Waals surface area contributed by atoms with Crippen molar-refractivity contribution < 1.29 is 9.90 Å². The van der Waals surface area contributed by atoms with Crippen LogP contribution in [0.3, 0.4) is 0 Å². The molecule has 1 saturated heterocycles. The Morgan fingerprint density at radius 1 is 1.64 bits per heavy atom. The lowest BCUT2D eigenvalue weighted by Gasteiger charge is -2.13. The van der Waals surface area contributed by atoms with E-state index < -0.39 is 5.97 Å². The molecule has 78 valence electrons. The van der Waals surface area contributed by atoms with E-state index in [1.165, 1.54) is 0 Å². The highest BCUT2D eigenvalue weighted by Gasteiger charge is 2.23. The number of unbranched alkanes of at least 4 members (excludes halogenated alkanes) is 1. The predicted molar refractivity (Wildman–Crippen MR) is 51.6 cm³/mol. The van der Waals surface area contributed by atoms with Gasteiger partial charge >= 0.3 is 5.97 Å². The molecule has 1 aliphatic rings. The molecule has 1 fully saturated rings. The van der Waals surface area contributed by atoms with Gasteiger partial charge in [0.25, 0.3) is 0 Å². The number of hydrogen-bond acceptors (Lipinski definition) is 3. The predicted octanol–water partition coefficient (Wildman–Crippen LogP) is 1.09. The molecule has 0 bridgehead atoms. The van der Waals surface area contributed by atoms with Gasteiger partial charge in [0.2, 0.25) is 0 Å². The van der Waals surface area contributed by atoms with Crippen molar-refractivity contribution in [3.05, 3.63) is 0 Å². The van der Waals surface area contributed by atoms with Crippen LogP contribution in [0.5, 0.6) is 0 Å². The highest BCUT2D eigenvalue weighted by Crippen LogP contribution is 2.19. The smallest absolute Gasteiger partial charge is 0.303 e. The molecule has 0 radical (unpaired) electrons. The van der Waals surface area contributed by atoms with Gasteiger partial charge in [0.15, 0.2) is 0 Å².